The van der Waals surface area contributed by atoms with Crippen molar-refractivity contribution < 1.29 is 9.53 Å². The van der Waals surface area contributed by atoms with Crippen molar-refractivity contribution in [2.24, 2.45) is 11.7 Å². The van der Waals surface area contributed by atoms with Gasteiger partial charge in [-0.3, -0.25) is 9.78 Å². The van der Waals surface area contributed by atoms with E-state index in [0.717, 1.165) is 38.2 Å². The van der Waals surface area contributed by atoms with Gasteiger partial charge in [0.2, 0.25) is 0 Å². The van der Waals surface area contributed by atoms with Crippen LogP contribution in [0.3, 0.4) is 0 Å². The minimum absolute atomic E-state index is 0.0965. The van der Waals surface area contributed by atoms with Crippen LogP contribution in [0.1, 0.15) is 23.2 Å². The molecule has 2 aromatic rings. The third-order valence-corrected chi connectivity index (χ3v) is 6.32. The Balaban J connectivity index is 1.36. The summed E-state index contributed by atoms with van der Waals surface area (Å²) >= 11 is 0. The number of rotatable bonds is 7. The lowest BCUT2D eigenvalue weighted by Crippen LogP contribution is -2.61. The number of carbonyl (C=O) groups is 1. The molecule has 1 aliphatic carbocycles. The molecule has 1 saturated heterocycles. The fourth-order valence-corrected chi connectivity index (χ4v) is 4.34. The highest BCUT2D eigenvalue weighted by atomic mass is 16.5. The topological polar surface area (TPSA) is 80.5 Å². The third kappa shape index (κ3) is 4.70. The van der Waals surface area contributed by atoms with E-state index in [1.54, 1.807) is 31.4 Å². The first kappa shape index (κ1) is 21.3. The standard InChI is InChI=1S/C25H30N4O2/c1-31-22-7-5-20(6-8-22)24(30)25(26)13-3-2-4-23(25)28-18-19-11-16-29(17-12-19)21-9-14-27-15-10-21/h2-10,13-15,19,23,28H,11-12,16-18,26H2,1H3. The molecule has 6 heteroatoms. The van der Waals surface area contributed by atoms with Gasteiger partial charge < -0.3 is 20.7 Å². The lowest BCUT2D eigenvalue weighted by molar-refractivity contribution is 0.0900. The molecule has 4 rings (SSSR count). The number of pyridine rings is 1. The van der Waals surface area contributed by atoms with E-state index in [1.165, 1.54) is 5.69 Å². The van der Waals surface area contributed by atoms with Crippen LogP contribution in [0.5, 0.6) is 5.75 Å². The van der Waals surface area contributed by atoms with Crippen LogP contribution in [-0.2, 0) is 0 Å². The van der Waals surface area contributed by atoms with Gasteiger partial charge in [0.05, 0.1) is 13.2 Å². The largest absolute Gasteiger partial charge is 0.497 e. The number of Topliss-reactive ketones (excluding diaryl/α,β-unsaturated/α-hetero) is 1. The van der Waals surface area contributed by atoms with Gasteiger partial charge in [0, 0.05) is 36.7 Å². The van der Waals surface area contributed by atoms with Crippen molar-refractivity contribution in [3.8, 4) is 5.75 Å². The predicted molar refractivity (Wildman–Crippen MR) is 123 cm³/mol. The summed E-state index contributed by atoms with van der Waals surface area (Å²) in [5.41, 5.74) is 7.37. The number of ether oxygens (including phenoxy) is 1. The summed E-state index contributed by atoms with van der Waals surface area (Å²) < 4.78 is 5.20. The normalized spacial score (nSPS) is 23.7. The Hall–Kier alpha value is -2.96. The summed E-state index contributed by atoms with van der Waals surface area (Å²) in [6, 6.07) is 11.0. The number of hydrogen-bond donors (Lipinski definition) is 2. The van der Waals surface area contributed by atoms with E-state index < -0.39 is 5.54 Å². The highest BCUT2D eigenvalue weighted by Gasteiger charge is 2.40. The van der Waals surface area contributed by atoms with E-state index in [1.807, 2.05) is 36.7 Å². The van der Waals surface area contributed by atoms with Crippen molar-refractivity contribution >= 4 is 11.5 Å². The van der Waals surface area contributed by atoms with Gasteiger partial charge in [0.15, 0.2) is 5.78 Å². The first-order valence-corrected chi connectivity index (χ1v) is 10.8. The van der Waals surface area contributed by atoms with Gasteiger partial charge in [-0.1, -0.05) is 24.3 Å². The SMILES string of the molecule is COc1ccc(C(=O)C2(N)C=CC=CC2NCC2CCN(c3ccncc3)CC2)cc1. The second kappa shape index (κ2) is 9.45. The molecule has 0 bridgehead atoms. The van der Waals surface area contributed by atoms with Crippen LogP contribution < -0.4 is 20.7 Å². The van der Waals surface area contributed by atoms with E-state index in [4.69, 9.17) is 10.5 Å². The Labute approximate surface area is 183 Å². The molecule has 0 saturated carbocycles. The number of ketones is 1. The zero-order chi connectivity index (χ0) is 21.7. The maximum Gasteiger partial charge on any atom is 0.188 e. The lowest BCUT2D eigenvalue weighted by Gasteiger charge is -2.37. The second-order valence-electron chi connectivity index (χ2n) is 8.26. The van der Waals surface area contributed by atoms with E-state index in [-0.39, 0.29) is 11.8 Å². The zero-order valence-corrected chi connectivity index (χ0v) is 17.9. The second-order valence-corrected chi connectivity index (χ2v) is 8.26. The number of carbonyl (C=O) groups excluding carboxylic acids is 1. The summed E-state index contributed by atoms with van der Waals surface area (Å²) in [5.74, 6) is 1.17. The summed E-state index contributed by atoms with van der Waals surface area (Å²) in [7, 11) is 1.61. The van der Waals surface area contributed by atoms with Crippen LogP contribution in [0, 0.1) is 5.92 Å². The smallest absolute Gasteiger partial charge is 0.188 e. The maximum atomic E-state index is 13.3. The molecule has 0 spiro atoms. The van der Waals surface area contributed by atoms with Gasteiger partial charge in [-0.05, 0) is 61.7 Å². The fraction of sp³-hybridized carbons (Fsp3) is 0.360. The highest BCUT2D eigenvalue weighted by Crippen LogP contribution is 2.25. The Morgan fingerprint density at radius 2 is 1.87 bits per heavy atom. The zero-order valence-electron chi connectivity index (χ0n) is 17.9. The molecule has 162 valence electrons. The van der Waals surface area contributed by atoms with Crippen LogP contribution in [0.4, 0.5) is 5.69 Å². The van der Waals surface area contributed by atoms with Gasteiger partial charge in [0.1, 0.15) is 11.3 Å². The van der Waals surface area contributed by atoms with E-state index in [2.05, 4.69) is 27.3 Å². The number of aromatic nitrogens is 1. The molecule has 2 unspecified atom stereocenters. The van der Waals surface area contributed by atoms with Gasteiger partial charge in [0.25, 0.3) is 0 Å². The van der Waals surface area contributed by atoms with Crippen LogP contribution >= 0.6 is 0 Å². The minimum atomic E-state index is -1.11. The summed E-state index contributed by atoms with van der Waals surface area (Å²) in [6.07, 6.45) is 13.5. The van der Waals surface area contributed by atoms with Crippen molar-refractivity contribution in [2.45, 2.75) is 24.4 Å². The first-order chi connectivity index (χ1) is 15.1. The van der Waals surface area contributed by atoms with Crippen molar-refractivity contribution in [3.63, 3.8) is 0 Å². The molecule has 2 aliphatic rings. The first-order valence-electron chi connectivity index (χ1n) is 10.8. The predicted octanol–water partition coefficient (Wildman–Crippen LogP) is 2.97. The number of nitrogens with one attached hydrogen (secondary N) is 1. The van der Waals surface area contributed by atoms with Gasteiger partial charge in [-0.15, -0.1) is 0 Å². The van der Waals surface area contributed by atoms with E-state index in [0.29, 0.717) is 11.5 Å². The molecule has 1 aliphatic heterocycles. The van der Waals surface area contributed by atoms with Crippen LogP contribution in [-0.4, -0.2) is 49.1 Å². The van der Waals surface area contributed by atoms with E-state index >= 15 is 0 Å². The molecule has 3 N–H and O–H groups in total. The minimum Gasteiger partial charge on any atom is -0.497 e. The Morgan fingerprint density at radius 1 is 1.16 bits per heavy atom. The molecule has 31 heavy (non-hydrogen) atoms. The number of benzene rings is 1. The number of methoxy groups -OCH3 is 1. The molecule has 1 aromatic carbocycles. The molecule has 1 aromatic heterocycles. The monoisotopic (exact) mass is 418 g/mol. The molecular formula is C25H30N4O2. The number of hydrogen-bond acceptors (Lipinski definition) is 6. The summed E-state index contributed by atoms with van der Waals surface area (Å²) in [4.78, 5) is 19.8. The number of allylic oxidation sites excluding steroid dienone is 2. The quantitative estimate of drug-likeness (QED) is 0.673. The number of nitrogens with zero attached hydrogens (tertiary/aromatic N) is 2. The fourth-order valence-electron chi connectivity index (χ4n) is 4.34. The third-order valence-electron chi connectivity index (χ3n) is 6.32. The number of nitrogens with two attached hydrogens (primary N) is 1. The van der Waals surface area contributed by atoms with Crippen LogP contribution in [0.2, 0.25) is 0 Å². The van der Waals surface area contributed by atoms with Crippen molar-refractivity contribution in [1.29, 1.82) is 0 Å². The summed E-state index contributed by atoms with van der Waals surface area (Å²) in [5, 5.41) is 3.57. The average molecular weight is 419 g/mol. The van der Waals surface area contributed by atoms with Gasteiger partial charge in [-0.2, -0.15) is 0 Å². The molecular weight excluding hydrogens is 388 g/mol. The maximum absolute atomic E-state index is 13.3. The van der Waals surface area contributed by atoms with Crippen LogP contribution in [0.15, 0.2) is 73.1 Å². The molecule has 2 atom stereocenters. The Kier molecular flexibility index (Phi) is 6.49. The van der Waals surface area contributed by atoms with Crippen LogP contribution in [0.25, 0.3) is 0 Å². The lowest BCUT2D eigenvalue weighted by atomic mass is 9.80. The molecule has 2 heterocycles. The summed E-state index contributed by atoms with van der Waals surface area (Å²) in [6.45, 7) is 2.88. The Bertz CT molecular complexity index is 934. The van der Waals surface area contributed by atoms with Gasteiger partial charge >= 0.3 is 0 Å². The average Bonchev–Trinajstić information content (AvgIpc) is 2.84. The van der Waals surface area contributed by atoms with Crippen molar-refractivity contribution in [2.75, 3.05) is 31.6 Å². The molecule has 1 fully saturated rings. The highest BCUT2D eigenvalue weighted by molar-refractivity contribution is 6.05. The molecule has 0 amide bonds. The number of piperidine rings is 1. The van der Waals surface area contributed by atoms with Crippen molar-refractivity contribution in [3.05, 3.63) is 78.7 Å². The van der Waals surface area contributed by atoms with E-state index in [9.17, 15) is 4.79 Å². The molecule has 0 radical (unpaired) electrons. The van der Waals surface area contributed by atoms with Gasteiger partial charge in [-0.25, -0.2) is 0 Å². The Morgan fingerprint density at radius 3 is 2.55 bits per heavy atom. The number of anilines is 1. The molecule has 6 nitrogen and oxygen atoms in total. The van der Waals surface area contributed by atoms with Crippen molar-refractivity contribution in [1.82, 2.24) is 10.3 Å².